The van der Waals surface area contributed by atoms with Crippen LogP contribution < -0.4 is 21.8 Å². The molecule has 0 saturated carbocycles. The number of halogens is 1. The Morgan fingerprint density at radius 1 is 1.14 bits per heavy atom. The van der Waals surface area contributed by atoms with Crippen LogP contribution >= 0.6 is 0 Å². The quantitative estimate of drug-likeness (QED) is 0.625. The van der Waals surface area contributed by atoms with Crippen LogP contribution in [0.2, 0.25) is 0 Å². The molecule has 29 heavy (non-hydrogen) atoms. The Hall–Kier alpha value is -2.38. The summed E-state index contributed by atoms with van der Waals surface area (Å²) in [7, 11) is 1.50. The summed E-state index contributed by atoms with van der Waals surface area (Å²) in [6.07, 6.45) is 4.94. The third-order valence-electron chi connectivity index (χ3n) is 4.92. The highest BCUT2D eigenvalue weighted by molar-refractivity contribution is 6.05. The third-order valence-corrected chi connectivity index (χ3v) is 4.92. The molecule has 0 saturated heterocycles. The third kappa shape index (κ3) is 4.31. The van der Waals surface area contributed by atoms with Gasteiger partial charge in [-0.3, -0.25) is 9.36 Å². The van der Waals surface area contributed by atoms with Crippen molar-refractivity contribution in [2.45, 2.75) is 59.5 Å². The van der Waals surface area contributed by atoms with Gasteiger partial charge < -0.3 is 20.6 Å². The molecule has 1 unspecified atom stereocenters. The summed E-state index contributed by atoms with van der Waals surface area (Å²) in [5.41, 5.74) is 11.5. The molecule has 0 radical (unpaired) electrons. The van der Waals surface area contributed by atoms with Crippen LogP contribution in [0, 0.1) is 19.7 Å². The van der Waals surface area contributed by atoms with Crippen LogP contribution in [0.25, 0.3) is 21.9 Å². The van der Waals surface area contributed by atoms with Crippen molar-refractivity contribution in [3.8, 4) is 5.75 Å². The van der Waals surface area contributed by atoms with Crippen LogP contribution in [-0.2, 0) is 0 Å². The van der Waals surface area contributed by atoms with Gasteiger partial charge >= 0.3 is 0 Å². The number of hydrogen-bond acceptors (Lipinski definition) is 5. The monoisotopic (exact) mass is 405 g/mol. The number of unbranched alkanes of at least 4 members (excludes halogenated alkanes) is 3. The van der Waals surface area contributed by atoms with Crippen LogP contribution in [0.3, 0.4) is 0 Å². The zero-order valence-corrected chi connectivity index (χ0v) is 18.0. The van der Waals surface area contributed by atoms with Gasteiger partial charge in [0.2, 0.25) is 0 Å². The molecule has 0 amide bonds. The van der Waals surface area contributed by atoms with Crippen molar-refractivity contribution < 1.29 is 13.5 Å². The zero-order chi connectivity index (χ0) is 21.7. The lowest BCUT2D eigenvalue weighted by Crippen LogP contribution is -2.37. The number of nitrogens with zero attached hydrogens (tertiary/aromatic N) is 1. The first-order valence-electron chi connectivity index (χ1n) is 10.1. The van der Waals surface area contributed by atoms with Crippen molar-refractivity contribution in [1.29, 1.82) is 0 Å². The first-order valence-corrected chi connectivity index (χ1v) is 10.1. The standard InChI is InChI=1S/C15H13FN2O3.C6H14.CH5N/c1-6-3-9-14(21-6)8-4-10(16)7(2)13-12(8)18(15(9)19)11(17)5-20-13;1-3-5-6-4-2;1-2/h3-4,11H,5,17H2,1-2H3;3-6H2,1-2H3;2H2,1H3. The molecule has 1 aliphatic heterocycles. The second kappa shape index (κ2) is 9.89. The molecule has 4 rings (SSSR count). The maximum Gasteiger partial charge on any atom is 0.263 e. The fraction of sp³-hybridized carbons (Fsp3) is 0.500. The molecule has 2 aromatic heterocycles. The molecule has 4 N–H and O–H groups in total. The predicted octanol–water partition coefficient (Wildman–Crippen LogP) is 4.51. The molecule has 1 aromatic carbocycles. The highest BCUT2D eigenvalue weighted by Crippen LogP contribution is 2.38. The number of fused-ring (bicyclic) bond motifs is 2. The number of aryl methyl sites for hydroxylation is 1. The minimum Gasteiger partial charge on any atom is -0.487 e. The first kappa shape index (κ1) is 22.9. The lowest BCUT2D eigenvalue weighted by molar-refractivity contribution is 0.235. The minimum absolute atomic E-state index is 0.134. The molecular formula is C22H32FN3O3. The molecular weight excluding hydrogens is 373 g/mol. The van der Waals surface area contributed by atoms with E-state index in [2.05, 4.69) is 19.6 Å². The lowest BCUT2D eigenvalue weighted by atomic mass is 10.1. The molecule has 160 valence electrons. The topological polar surface area (TPSA) is 96.4 Å². The summed E-state index contributed by atoms with van der Waals surface area (Å²) >= 11 is 0. The van der Waals surface area contributed by atoms with Gasteiger partial charge in [0.25, 0.3) is 5.56 Å². The summed E-state index contributed by atoms with van der Waals surface area (Å²) in [4.78, 5) is 12.7. The van der Waals surface area contributed by atoms with Crippen molar-refractivity contribution in [2.24, 2.45) is 11.5 Å². The number of ether oxygens (including phenoxy) is 1. The SMILES string of the molecule is CCCCCC.CN.Cc1cc2c(=O)n3c4c(c(C)c(F)cc4c2o1)OCC3N. The first-order chi connectivity index (χ1) is 13.9. The fourth-order valence-corrected chi connectivity index (χ4v) is 3.46. The predicted molar refractivity (Wildman–Crippen MR) is 116 cm³/mol. The Labute approximate surface area is 170 Å². The number of furan rings is 1. The highest BCUT2D eigenvalue weighted by atomic mass is 19.1. The summed E-state index contributed by atoms with van der Waals surface area (Å²) in [5, 5.41) is 0.914. The van der Waals surface area contributed by atoms with Gasteiger partial charge in [-0.05, 0) is 33.0 Å². The van der Waals surface area contributed by atoms with E-state index in [0.29, 0.717) is 38.9 Å². The number of nitrogens with two attached hydrogens (primary N) is 2. The molecule has 0 spiro atoms. The number of pyridine rings is 1. The van der Waals surface area contributed by atoms with Crippen molar-refractivity contribution >= 4 is 21.9 Å². The largest absolute Gasteiger partial charge is 0.487 e. The van der Waals surface area contributed by atoms with Gasteiger partial charge in [-0.25, -0.2) is 4.39 Å². The van der Waals surface area contributed by atoms with Crippen LogP contribution in [0.5, 0.6) is 5.75 Å². The van der Waals surface area contributed by atoms with E-state index >= 15 is 0 Å². The average molecular weight is 406 g/mol. The van der Waals surface area contributed by atoms with E-state index < -0.39 is 12.0 Å². The van der Waals surface area contributed by atoms with Crippen molar-refractivity contribution in [3.63, 3.8) is 0 Å². The van der Waals surface area contributed by atoms with Gasteiger partial charge in [0, 0.05) is 10.9 Å². The molecule has 1 atom stereocenters. The van der Waals surface area contributed by atoms with E-state index in [1.165, 1.54) is 43.4 Å². The van der Waals surface area contributed by atoms with Gasteiger partial charge in [-0.15, -0.1) is 0 Å². The van der Waals surface area contributed by atoms with E-state index in [9.17, 15) is 9.18 Å². The van der Waals surface area contributed by atoms with E-state index in [-0.39, 0.29) is 12.2 Å². The maximum atomic E-state index is 14.1. The van der Waals surface area contributed by atoms with E-state index in [1.807, 2.05) is 0 Å². The molecule has 0 bridgehead atoms. The van der Waals surface area contributed by atoms with E-state index in [4.69, 9.17) is 14.9 Å². The summed E-state index contributed by atoms with van der Waals surface area (Å²) in [6, 6.07) is 3.02. The summed E-state index contributed by atoms with van der Waals surface area (Å²) in [6.45, 7) is 7.96. The second-order valence-corrected chi connectivity index (χ2v) is 7.07. The molecule has 3 aromatic rings. The molecule has 0 aliphatic carbocycles. The number of benzene rings is 1. The van der Waals surface area contributed by atoms with Gasteiger partial charge in [-0.2, -0.15) is 0 Å². The van der Waals surface area contributed by atoms with Gasteiger partial charge in [0.05, 0.1) is 10.9 Å². The van der Waals surface area contributed by atoms with Crippen molar-refractivity contribution in [2.75, 3.05) is 13.7 Å². The molecule has 1 aliphatic rings. The Kier molecular flexibility index (Phi) is 7.81. The smallest absolute Gasteiger partial charge is 0.263 e. The maximum absolute atomic E-state index is 14.1. The Morgan fingerprint density at radius 2 is 1.76 bits per heavy atom. The number of hydrogen-bond donors (Lipinski definition) is 2. The normalized spacial score (nSPS) is 14.7. The van der Waals surface area contributed by atoms with Crippen LogP contribution in [0.4, 0.5) is 4.39 Å². The zero-order valence-electron chi connectivity index (χ0n) is 18.0. The summed E-state index contributed by atoms with van der Waals surface area (Å²) in [5.74, 6) is 0.561. The second-order valence-electron chi connectivity index (χ2n) is 7.07. The van der Waals surface area contributed by atoms with Crippen molar-refractivity contribution in [1.82, 2.24) is 4.57 Å². The average Bonchev–Trinajstić information content (AvgIpc) is 3.12. The fourth-order valence-electron chi connectivity index (χ4n) is 3.46. The lowest BCUT2D eigenvalue weighted by Gasteiger charge is -2.26. The Morgan fingerprint density at radius 3 is 2.34 bits per heavy atom. The number of rotatable bonds is 3. The van der Waals surface area contributed by atoms with Crippen LogP contribution in [-0.4, -0.2) is 18.2 Å². The van der Waals surface area contributed by atoms with E-state index in [0.717, 1.165) is 0 Å². The van der Waals surface area contributed by atoms with Crippen LogP contribution in [0.1, 0.15) is 57.0 Å². The van der Waals surface area contributed by atoms with Gasteiger partial charge in [0.15, 0.2) is 0 Å². The highest BCUT2D eigenvalue weighted by Gasteiger charge is 2.27. The van der Waals surface area contributed by atoms with E-state index in [1.54, 1.807) is 19.9 Å². The molecule has 0 fully saturated rings. The Bertz CT molecular complexity index is 1040. The van der Waals surface area contributed by atoms with Crippen LogP contribution in [0.15, 0.2) is 21.3 Å². The summed E-state index contributed by atoms with van der Waals surface area (Å²) < 4.78 is 26.8. The van der Waals surface area contributed by atoms with Gasteiger partial charge in [-0.1, -0.05) is 39.5 Å². The molecule has 6 nitrogen and oxygen atoms in total. The van der Waals surface area contributed by atoms with Gasteiger partial charge in [0.1, 0.15) is 35.7 Å². The Balaban J connectivity index is 0.000000325. The molecule has 7 heteroatoms. The van der Waals surface area contributed by atoms with Crippen molar-refractivity contribution in [3.05, 3.63) is 39.6 Å². The minimum atomic E-state index is -0.600. The molecule has 3 heterocycles. The number of aromatic nitrogens is 1.